The van der Waals surface area contributed by atoms with Gasteiger partial charge in [-0.15, -0.1) is 0 Å². The number of likely N-dealkylation sites (N-methyl/N-ethyl adjacent to an activating group) is 1. The standard InChI is InChI=1S/C14H20N2O3/c1-4-12(13(17)18)16(3)14(19)15-9-11-8-6-5-7-10(11)2/h5-8,12H,4,9H2,1-3H3,(H,15,19)(H,17,18). The summed E-state index contributed by atoms with van der Waals surface area (Å²) in [6.07, 6.45) is 0.379. The van der Waals surface area contributed by atoms with Gasteiger partial charge in [0.05, 0.1) is 0 Å². The highest BCUT2D eigenvalue weighted by Gasteiger charge is 2.24. The number of nitrogens with zero attached hydrogens (tertiary/aromatic N) is 1. The number of urea groups is 1. The fourth-order valence-corrected chi connectivity index (χ4v) is 1.86. The van der Waals surface area contributed by atoms with Crippen molar-refractivity contribution in [1.82, 2.24) is 10.2 Å². The van der Waals surface area contributed by atoms with Crippen molar-refractivity contribution in [2.24, 2.45) is 0 Å². The van der Waals surface area contributed by atoms with Crippen molar-refractivity contribution in [3.63, 3.8) is 0 Å². The van der Waals surface area contributed by atoms with E-state index in [0.717, 1.165) is 11.1 Å². The highest BCUT2D eigenvalue weighted by atomic mass is 16.4. The van der Waals surface area contributed by atoms with Gasteiger partial charge in [0.25, 0.3) is 0 Å². The molecule has 0 fully saturated rings. The Morgan fingerprint density at radius 3 is 2.53 bits per heavy atom. The Balaban J connectivity index is 2.60. The largest absolute Gasteiger partial charge is 0.480 e. The van der Waals surface area contributed by atoms with Gasteiger partial charge in [-0.25, -0.2) is 9.59 Å². The molecule has 5 heteroatoms. The molecule has 0 radical (unpaired) electrons. The number of carboxylic acids is 1. The second-order valence-electron chi connectivity index (χ2n) is 4.46. The maximum absolute atomic E-state index is 11.9. The number of carbonyl (C=O) groups excluding carboxylic acids is 1. The molecule has 1 aromatic rings. The Labute approximate surface area is 113 Å². The summed E-state index contributed by atoms with van der Waals surface area (Å²) in [6.45, 7) is 4.10. The molecule has 1 aromatic carbocycles. The first-order chi connectivity index (χ1) is 8.97. The zero-order valence-electron chi connectivity index (χ0n) is 11.5. The number of aryl methyl sites for hydroxylation is 1. The molecule has 0 aliphatic carbocycles. The lowest BCUT2D eigenvalue weighted by atomic mass is 10.1. The summed E-state index contributed by atoms with van der Waals surface area (Å²) in [5.41, 5.74) is 2.11. The van der Waals surface area contributed by atoms with Gasteiger partial charge in [-0.2, -0.15) is 0 Å². The molecule has 0 bridgehead atoms. The highest BCUT2D eigenvalue weighted by molar-refractivity contribution is 5.82. The van der Waals surface area contributed by atoms with E-state index in [1.165, 1.54) is 11.9 Å². The fraction of sp³-hybridized carbons (Fsp3) is 0.429. The number of carboxylic acid groups (broad SMARTS) is 1. The van der Waals surface area contributed by atoms with E-state index >= 15 is 0 Å². The molecular formula is C14H20N2O3. The third-order valence-electron chi connectivity index (χ3n) is 3.15. The summed E-state index contributed by atoms with van der Waals surface area (Å²) in [7, 11) is 1.50. The van der Waals surface area contributed by atoms with Crippen LogP contribution in [0.15, 0.2) is 24.3 Å². The van der Waals surface area contributed by atoms with Crippen molar-refractivity contribution in [3.05, 3.63) is 35.4 Å². The quantitative estimate of drug-likeness (QED) is 0.854. The summed E-state index contributed by atoms with van der Waals surface area (Å²) in [5, 5.41) is 11.7. The van der Waals surface area contributed by atoms with Crippen LogP contribution in [0, 0.1) is 6.92 Å². The third-order valence-corrected chi connectivity index (χ3v) is 3.15. The predicted octanol–water partition coefficient (Wildman–Crippen LogP) is 2.00. The van der Waals surface area contributed by atoms with Crippen LogP contribution in [0.25, 0.3) is 0 Å². The van der Waals surface area contributed by atoms with Crippen molar-refractivity contribution in [1.29, 1.82) is 0 Å². The van der Waals surface area contributed by atoms with Gasteiger partial charge in [-0.05, 0) is 24.5 Å². The number of amides is 2. The van der Waals surface area contributed by atoms with Crippen molar-refractivity contribution in [2.45, 2.75) is 32.9 Å². The molecule has 0 saturated carbocycles. The fourth-order valence-electron chi connectivity index (χ4n) is 1.86. The zero-order valence-corrected chi connectivity index (χ0v) is 11.5. The number of hydrogen-bond donors (Lipinski definition) is 2. The number of rotatable bonds is 5. The van der Waals surface area contributed by atoms with E-state index in [4.69, 9.17) is 5.11 Å². The van der Waals surface area contributed by atoms with Gasteiger partial charge in [0.1, 0.15) is 6.04 Å². The second kappa shape index (κ2) is 6.78. The van der Waals surface area contributed by atoms with Gasteiger partial charge < -0.3 is 15.3 Å². The summed E-state index contributed by atoms with van der Waals surface area (Å²) in [5.74, 6) is -0.990. The summed E-state index contributed by atoms with van der Waals surface area (Å²) in [4.78, 5) is 24.1. The van der Waals surface area contributed by atoms with E-state index < -0.39 is 12.0 Å². The molecule has 1 atom stereocenters. The summed E-state index contributed by atoms with van der Waals surface area (Å²) in [6, 6.07) is 6.57. The molecule has 5 nitrogen and oxygen atoms in total. The Hall–Kier alpha value is -2.04. The van der Waals surface area contributed by atoms with E-state index in [9.17, 15) is 9.59 Å². The van der Waals surface area contributed by atoms with Gasteiger partial charge >= 0.3 is 12.0 Å². The minimum atomic E-state index is -0.990. The molecule has 2 amide bonds. The van der Waals surface area contributed by atoms with E-state index in [1.807, 2.05) is 31.2 Å². The van der Waals surface area contributed by atoms with E-state index in [1.54, 1.807) is 6.92 Å². The molecule has 0 heterocycles. The topological polar surface area (TPSA) is 69.6 Å². The van der Waals surface area contributed by atoms with Crippen molar-refractivity contribution in [3.8, 4) is 0 Å². The van der Waals surface area contributed by atoms with Crippen molar-refractivity contribution < 1.29 is 14.7 Å². The lowest BCUT2D eigenvalue weighted by Gasteiger charge is -2.24. The molecule has 1 rings (SSSR count). The average Bonchev–Trinajstić information content (AvgIpc) is 2.37. The molecule has 19 heavy (non-hydrogen) atoms. The van der Waals surface area contributed by atoms with Crippen LogP contribution >= 0.6 is 0 Å². The van der Waals surface area contributed by atoms with Gasteiger partial charge in [0, 0.05) is 13.6 Å². The summed E-state index contributed by atoms with van der Waals surface area (Å²) < 4.78 is 0. The second-order valence-corrected chi connectivity index (χ2v) is 4.46. The monoisotopic (exact) mass is 264 g/mol. The first kappa shape index (κ1) is 15.0. The SMILES string of the molecule is CCC(C(=O)O)N(C)C(=O)NCc1ccccc1C. The first-order valence-corrected chi connectivity index (χ1v) is 6.25. The van der Waals surface area contributed by atoms with Gasteiger partial charge in [0.2, 0.25) is 0 Å². The maximum Gasteiger partial charge on any atom is 0.326 e. The van der Waals surface area contributed by atoms with Crippen LogP contribution in [-0.2, 0) is 11.3 Å². The van der Waals surface area contributed by atoms with E-state index in [-0.39, 0.29) is 6.03 Å². The number of aliphatic carboxylic acids is 1. The van der Waals surface area contributed by atoms with Crippen LogP contribution in [0.3, 0.4) is 0 Å². The molecule has 0 saturated heterocycles. The molecule has 1 unspecified atom stereocenters. The van der Waals surface area contributed by atoms with Gasteiger partial charge in [-0.1, -0.05) is 31.2 Å². The Morgan fingerprint density at radius 2 is 2.00 bits per heavy atom. The third kappa shape index (κ3) is 3.98. The van der Waals surface area contributed by atoms with Crippen LogP contribution < -0.4 is 5.32 Å². The molecule has 104 valence electrons. The highest BCUT2D eigenvalue weighted by Crippen LogP contribution is 2.07. The number of hydrogen-bond acceptors (Lipinski definition) is 2. The van der Waals surface area contributed by atoms with Crippen molar-refractivity contribution >= 4 is 12.0 Å². The Bertz CT molecular complexity index is 460. The number of nitrogens with one attached hydrogen (secondary N) is 1. The van der Waals surface area contributed by atoms with Crippen molar-refractivity contribution in [2.75, 3.05) is 7.05 Å². The Kier molecular flexibility index (Phi) is 5.36. The zero-order chi connectivity index (χ0) is 14.4. The van der Waals surface area contributed by atoms with Gasteiger partial charge in [-0.3, -0.25) is 0 Å². The van der Waals surface area contributed by atoms with Crippen LogP contribution in [0.5, 0.6) is 0 Å². The van der Waals surface area contributed by atoms with Crippen LogP contribution in [-0.4, -0.2) is 35.1 Å². The normalized spacial score (nSPS) is 11.7. The Morgan fingerprint density at radius 1 is 1.37 bits per heavy atom. The molecular weight excluding hydrogens is 244 g/mol. The smallest absolute Gasteiger partial charge is 0.326 e. The van der Waals surface area contributed by atoms with Crippen LogP contribution in [0.2, 0.25) is 0 Å². The number of benzene rings is 1. The van der Waals surface area contributed by atoms with E-state index in [2.05, 4.69) is 5.32 Å². The van der Waals surface area contributed by atoms with Gasteiger partial charge in [0.15, 0.2) is 0 Å². The molecule has 0 aliphatic heterocycles. The lowest BCUT2D eigenvalue weighted by Crippen LogP contribution is -2.46. The minimum Gasteiger partial charge on any atom is -0.480 e. The van der Waals surface area contributed by atoms with E-state index in [0.29, 0.717) is 13.0 Å². The van der Waals surface area contributed by atoms with Crippen LogP contribution in [0.1, 0.15) is 24.5 Å². The lowest BCUT2D eigenvalue weighted by molar-refractivity contribution is -0.141. The van der Waals surface area contributed by atoms with Crippen LogP contribution in [0.4, 0.5) is 4.79 Å². The molecule has 0 aliphatic rings. The maximum atomic E-state index is 11.9. The molecule has 0 aromatic heterocycles. The summed E-state index contributed by atoms with van der Waals surface area (Å²) >= 11 is 0. The molecule has 0 spiro atoms. The minimum absolute atomic E-state index is 0.377. The number of carbonyl (C=O) groups is 2. The first-order valence-electron chi connectivity index (χ1n) is 6.25. The predicted molar refractivity (Wildman–Crippen MR) is 72.9 cm³/mol. The molecule has 2 N–H and O–H groups in total. The average molecular weight is 264 g/mol.